The summed E-state index contributed by atoms with van der Waals surface area (Å²) in [7, 11) is 2.85. The van der Waals surface area contributed by atoms with Gasteiger partial charge in [0.1, 0.15) is 5.75 Å². The third-order valence-corrected chi connectivity index (χ3v) is 2.91. The molecule has 0 aliphatic heterocycles. The van der Waals surface area contributed by atoms with Crippen LogP contribution in [0.1, 0.15) is 5.69 Å². The second-order valence-electron chi connectivity index (χ2n) is 4.05. The summed E-state index contributed by atoms with van der Waals surface area (Å²) in [6.07, 6.45) is -4.57. The molecule has 0 aliphatic rings. The zero-order valence-electron chi connectivity index (χ0n) is 11.1. The molecule has 1 aromatic carbocycles. The number of methoxy groups -OCH3 is 1. The number of hydrogen-bond acceptors (Lipinski definition) is 4. The van der Waals surface area contributed by atoms with E-state index in [-0.39, 0.29) is 11.6 Å². The predicted octanol–water partition coefficient (Wildman–Crippen LogP) is 3.87. The molecule has 0 aliphatic carbocycles. The Labute approximate surface area is 123 Å². The molecule has 0 spiro atoms. The van der Waals surface area contributed by atoms with Crippen LogP contribution in [0, 0.1) is 0 Å². The minimum Gasteiger partial charge on any atom is -0.496 e. The third-order valence-electron chi connectivity index (χ3n) is 2.68. The van der Waals surface area contributed by atoms with E-state index in [1.165, 1.54) is 20.2 Å². The minimum absolute atomic E-state index is 0.0704. The number of anilines is 1. The topological polar surface area (TPSA) is 47.0 Å². The normalized spacial score (nSPS) is 11.3. The molecule has 4 nitrogen and oxygen atoms in total. The molecule has 112 valence electrons. The Balaban J connectivity index is 2.66. The third kappa shape index (κ3) is 3.36. The van der Waals surface area contributed by atoms with Crippen LogP contribution in [0.15, 0.2) is 24.3 Å². The van der Waals surface area contributed by atoms with E-state index in [4.69, 9.17) is 16.3 Å². The highest BCUT2D eigenvalue weighted by Crippen LogP contribution is 2.35. The number of benzene rings is 1. The monoisotopic (exact) mass is 317 g/mol. The van der Waals surface area contributed by atoms with Crippen molar-refractivity contribution < 1.29 is 17.9 Å². The molecule has 0 radical (unpaired) electrons. The fourth-order valence-corrected chi connectivity index (χ4v) is 1.89. The van der Waals surface area contributed by atoms with Gasteiger partial charge in [-0.2, -0.15) is 13.2 Å². The van der Waals surface area contributed by atoms with Crippen LogP contribution in [-0.2, 0) is 6.18 Å². The maximum Gasteiger partial charge on any atom is 0.433 e. The van der Waals surface area contributed by atoms with Gasteiger partial charge in [0.05, 0.1) is 12.8 Å². The zero-order valence-corrected chi connectivity index (χ0v) is 11.9. The summed E-state index contributed by atoms with van der Waals surface area (Å²) in [5, 5.41) is 2.87. The highest BCUT2D eigenvalue weighted by molar-refractivity contribution is 6.30. The number of aromatic nitrogens is 2. The first-order chi connectivity index (χ1) is 9.85. The molecule has 2 aromatic rings. The Morgan fingerprint density at radius 2 is 1.90 bits per heavy atom. The number of rotatable bonds is 3. The molecule has 0 saturated carbocycles. The second kappa shape index (κ2) is 5.77. The van der Waals surface area contributed by atoms with Gasteiger partial charge >= 0.3 is 6.18 Å². The lowest BCUT2D eigenvalue weighted by Gasteiger charge is -2.12. The minimum atomic E-state index is -4.57. The van der Waals surface area contributed by atoms with Gasteiger partial charge in [-0.1, -0.05) is 11.6 Å². The van der Waals surface area contributed by atoms with Crippen molar-refractivity contribution in [2.75, 3.05) is 19.5 Å². The summed E-state index contributed by atoms with van der Waals surface area (Å²) >= 11 is 5.89. The molecular weight excluding hydrogens is 307 g/mol. The molecule has 1 N–H and O–H groups in total. The average molecular weight is 318 g/mol. The summed E-state index contributed by atoms with van der Waals surface area (Å²) < 4.78 is 43.8. The summed E-state index contributed by atoms with van der Waals surface area (Å²) in [6.45, 7) is 0. The van der Waals surface area contributed by atoms with Gasteiger partial charge in [0.25, 0.3) is 0 Å². The largest absolute Gasteiger partial charge is 0.496 e. The number of nitrogens with zero attached hydrogens (tertiary/aromatic N) is 2. The summed E-state index contributed by atoms with van der Waals surface area (Å²) in [4.78, 5) is 7.43. The smallest absolute Gasteiger partial charge is 0.433 e. The number of halogens is 4. The van der Waals surface area contributed by atoms with Crippen LogP contribution in [-0.4, -0.2) is 24.1 Å². The van der Waals surface area contributed by atoms with Crippen molar-refractivity contribution in [2.45, 2.75) is 6.18 Å². The zero-order chi connectivity index (χ0) is 15.6. The van der Waals surface area contributed by atoms with Crippen molar-refractivity contribution in [1.29, 1.82) is 0 Å². The summed E-state index contributed by atoms with van der Waals surface area (Å²) in [5.74, 6) is 0.232. The van der Waals surface area contributed by atoms with Crippen LogP contribution in [0.25, 0.3) is 11.3 Å². The molecule has 1 heterocycles. The van der Waals surface area contributed by atoms with Gasteiger partial charge in [-0.15, -0.1) is 0 Å². The fourth-order valence-electron chi connectivity index (χ4n) is 1.72. The van der Waals surface area contributed by atoms with E-state index >= 15 is 0 Å². The molecule has 21 heavy (non-hydrogen) atoms. The van der Waals surface area contributed by atoms with E-state index in [1.54, 1.807) is 12.1 Å². The Morgan fingerprint density at radius 1 is 1.19 bits per heavy atom. The van der Waals surface area contributed by atoms with Gasteiger partial charge in [-0.05, 0) is 24.3 Å². The molecule has 0 atom stereocenters. The van der Waals surface area contributed by atoms with E-state index in [1.807, 2.05) is 0 Å². The van der Waals surface area contributed by atoms with Crippen LogP contribution < -0.4 is 10.1 Å². The first kappa shape index (κ1) is 15.4. The van der Waals surface area contributed by atoms with Crippen molar-refractivity contribution in [3.05, 3.63) is 35.0 Å². The average Bonchev–Trinajstić information content (AvgIpc) is 2.45. The van der Waals surface area contributed by atoms with Gasteiger partial charge in [0.15, 0.2) is 5.69 Å². The Kier molecular flexibility index (Phi) is 4.22. The molecule has 8 heteroatoms. The Bertz CT molecular complexity index is 662. The van der Waals surface area contributed by atoms with E-state index in [0.29, 0.717) is 16.3 Å². The van der Waals surface area contributed by atoms with Crippen LogP contribution >= 0.6 is 11.6 Å². The van der Waals surface area contributed by atoms with Gasteiger partial charge in [0.2, 0.25) is 5.95 Å². The number of alkyl halides is 3. The van der Waals surface area contributed by atoms with Crippen molar-refractivity contribution in [2.24, 2.45) is 0 Å². The van der Waals surface area contributed by atoms with Crippen LogP contribution in [0.5, 0.6) is 5.75 Å². The van der Waals surface area contributed by atoms with Crippen molar-refractivity contribution in [1.82, 2.24) is 9.97 Å². The van der Waals surface area contributed by atoms with E-state index in [2.05, 4.69) is 15.3 Å². The van der Waals surface area contributed by atoms with Crippen LogP contribution in [0.3, 0.4) is 0 Å². The predicted molar refractivity (Wildman–Crippen MR) is 73.6 cm³/mol. The Hall–Kier alpha value is -2.02. The lowest BCUT2D eigenvalue weighted by atomic mass is 10.1. The molecule has 0 amide bonds. The van der Waals surface area contributed by atoms with Gasteiger partial charge < -0.3 is 10.1 Å². The quantitative estimate of drug-likeness (QED) is 0.933. The van der Waals surface area contributed by atoms with Gasteiger partial charge in [-0.25, -0.2) is 9.97 Å². The molecule has 0 bridgehead atoms. The van der Waals surface area contributed by atoms with E-state index in [9.17, 15) is 13.2 Å². The van der Waals surface area contributed by atoms with Crippen LogP contribution in [0.4, 0.5) is 19.1 Å². The number of nitrogens with one attached hydrogen (secondary N) is 1. The van der Waals surface area contributed by atoms with Gasteiger partial charge in [0, 0.05) is 17.6 Å². The maximum absolute atomic E-state index is 12.9. The molecule has 0 saturated heterocycles. The van der Waals surface area contributed by atoms with E-state index < -0.39 is 11.9 Å². The number of hydrogen-bond donors (Lipinski definition) is 1. The fraction of sp³-hybridized carbons (Fsp3) is 0.231. The SMILES string of the molecule is CNc1nc(-c2cc(Cl)ccc2OC)cc(C(F)(F)F)n1. The Morgan fingerprint density at radius 3 is 2.48 bits per heavy atom. The number of ether oxygens (including phenoxy) is 1. The standard InChI is InChI=1S/C13H11ClF3N3O/c1-18-12-19-9(6-11(20-12)13(15,16)17)8-5-7(14)3-4-10(8)21-2/h3-6H,1-2H3,(H,18,19,20). The maximum atomic E-state index is 12.9. The molecule has 2 rings (SSSR count). The molecular formula is C13H11ClF3N3O. The lowest BCUT2D eigenvalue weighted by molar-refractivity contribution is -0.141. The second-order valence-corrected chi connectivity index (χ2v) is 4.49. The molecule has 0 unspecified atom stereocenters. The first-order valence-electron chi connectivity index (χ1n) is 5.83. The molecule has 0 fully saturated rings. The van der Waals surface area contributed by atoms with Crippen molar-refractivity contribution in [3.63, 3.8) is 0 Å². The summed E-state index contributed by atoms with van der Waals surface area (Å²) in [5.41, 5.74) is -0.616. The van der Waals surface area contributed by atoms with Crippen LogP contribution in [0.2, 0.25) is 5.02 Å². The highest BCUT2D eigenvalue weighted by Gasteiger charge is 2.34. The first-order valence-corrected chi connectivity index (χ1v) is 6.21. The lowest BCUT2D eigenvalue weighted by Crippen LogP contribution is -2.11. The highest BCUT2D eigenvalue weighted by atomic mass is 35.5. The van der Waals surface area contributed by atoms with E-state index in [0.717, 1.165) is 6.07 Å². The van der Waals surface area contributed by atoms with Gasteiger partial charge in [-0.3, -0.25) is 0 Å². The van der Waals surface area contributed by atoms with Crippen molar-refractivity contribution >= 4 is 17.5 Å². The van der Waals surface area contributed by atoms with Crippen molar-refractivity contribution in [3.8, 4) is 17.0 Å². The summed E-state index contributed by atoms with van der Waals surface area (Å²) in [6, 6.07) is 5.48. The molecule has 1 aromatic heterocycles.